The molecule has 1 aromatic carbocycles. The van der Waals surface area contributed by atoms with Gasteiger partial charge < -0.3 is 15.8 Å². The maximum absolute atomic E-state index is 12.2. The van der Waals surface area contributed by atoms with Gasteiger partial charge in [0.1, 0.15) is 18.4 Å². The fourth-order valence-corrected chi connectivity index (χ4v) is 1.76. The third-order valence-electron chi connectivity index (χ3n) is 3.00. The van der Waals surface area contributed by atoms with Crippen molar-refractivity contribution in [1.29, 1.82) is 0 Å². The predicted molar refractivity (Wildman–Crippen MR) is 84.8 cm³/mol. The Hall–Kier alpha value is -2.56. The molecule has 23 heavy (non-hydrogen) atoms. The van der Waals surface area contributed by atoms with Crippen LogP contribution in [0.5, 0.6) is 5.75 Å². The van der Waals surface area contributed by atoms with E-state index in [9.17, 15) is 9.59 Å². The van der Waals surface area contributed by atoms with Gasteiger partial charge in [0, 0.05) is 11.1 Å². The molecule has 2 amide bonds. The molecule has 0 fully saturated rings. The minimum Gasteiger partial charge on any atom is -0.481 e. The van der Waals surface area contributed by atoms with Crippen molar-refractivity contribution in [2.24, 2.45) is 5.73 Å². The van der Waals surface area contributed by atoms with Crippen LogP contribution in [0.4, 0.5) is 0 Å². The molecule has 5 N–H and O–H groups in total. The first-order valence-electron chi connectivity index (χ1n) is 6.95. The van der Waals surface area contributed by atoms with Gasteiger partial charge in [0.05, 0.1) is 0 Å². The smallest absolute Gasteiger partial charge is 0.267 e. The van der Waals surface area contributed by atoms with Gasteiger partial charge in [0.15, 0.2) is 0 Å². The number of amides is 2. The van der Waals surface area contributed by atoms with E-state index in [0.717, 1.165) is 0 Å². The largest absolute Gasteiger partial charge is 0.481 e. The second-order valence-corrected chi connectivity index (χ2v) is 5.44. The van der Waals surface area contributed by atoms with Crippen molar-refractivity contribution in [2.75, 3.05) is 6.61 Å². The molecule has 0 bridgehead atoms. The van der Waals surface area contributed by atoms with Crippen LogP contribution in [-0.2, 0) is 4.79 Å². The fraction of sp³-hybridized carbons (Fsp3) is 0.375. The lowest BCUT2D eigenvalue weighted by atomic mass is 9.95. The molecule has 0 saturated heterocycles. The summed E-state index contributed by atoms with van der Waals surface area (Å²) >= 11 is 0. The van der Waals surface area contributed by atoms with Crippen LogP contribution in [0.2, 0.25) is 0 Å². The lowest BCUT2D eigenvalue weighted by Gasteiger charge is -2.29. The van der Waals surface area contributed by atoms with E-state index in [1.54, 1.807) is 45.0 Å². The normalized spacial score (nSPS) is 11.7. The van der Waals surface area contributed by atoms with Crippen LogP contribution >= 0.6 is 0 Å². The minimum absolute atomic E-state index is 0.266. The van der Waals surface area contributed by atoms with E-state index in [0.29, 0.717) is 11.3 Å². The van der Waals surface area contributed by atoms with E-state index in [-0.39, 0.29) is 6.61 Å². The summed E-state index contributed by atoms with van der Waals surface area (Å²) < 4.78 is 5.35. The summed E-state index contributed by atoms with van der Waals surface area (Å²) in [5, 5.41) is 11.3. The Morgan fingerprint density at radius 2 is 1.96 bits per heavy atom. The van der Waals surface area contributed by atoms with Crippen LogP contribution < -0.4 is 21.3 Å². The van der Waals surface area contributed by atoms with Crippen molar-refractivity contribution in [3.05, 3.63) is 29.8 Å². The van der Waals surface area contributed by atoms with E-state index in [2.05, 4.69) is 17.2 Å². The summed E-state index contributed by atoms with van der Waals surface area (Å²) in [6.07, 6.45) is 0. The summed E-state index contributed by atoms with van der Waals surface area (Å²) in [6, 6.07) is 5.28. The summed E-state index contributed by atoms with van der Waals surface area (Å²) in [5.41, 5.74) is 6.64. The van der Waals surface area contributed by atoms with Crippen LogP contribution in [0.1, 0.15) is 31.1 Å². The Morgan fingerprint density at radius 1 is 1.35 bits per heavy atom. The third kappa shape index (κ3) is 5.62. The molecule has 0 unspecified atom stereocenters. The van der Waals surface area contributed by atoms with Gasteiger partial charge in [-0.15, -0.1) is 5.92 Å². The number of carbonyl (C=O) groups excluding carboxylic acids is 2. The second kappa shape index (κ2) is 8.17. The van der Waals surface area contributed by atoms with E-state index >= 15 is 0 Å². The summed E-state index contributed by atoms with van der Waals surface area (Å²) in [6.45, 7) is 5.12. The summed E-state index contributed by atoms with van der Waals surface area (Å²) in [5.74, 6) is 4.77. The van der Waals surface area contributed by atoms with E-state index in [1.165, 1.54) is 5.48 Å². The first-order valence-corrected chi connectivity index (χ1v) is 6.95. The Morgan fingerprint density at radius 3 is 2.43 bits per heavy atom. The molecule has 0 aliphatic rings. The summed E-state index contributed by atoms with van der Waals surface area (Å²) in [4.78, 5) is 23.8. The number of carbonyl (C=O) groups is 2. The molecule has 1 aromatic rings. The van der Waals surface area contributed by atoms with Gasteiger partial charge in [-0.2, -0.15) is 0 Å². The molecule has 0 heterocycles. The Bertz CT molecular complexity index is 609. The predicted octanol–water partition coefficient (Wildman–Crippen LogP) is 0.430. The van der Waals surface area contributed by atoms with Crippen molar-refractivity contribution in [2.45, 2.75) is 32.4 Å². The van der Waals surface area contributed by atoms with Crippen LogP contribution in [0.15, 0.2) is 24.3 Å². The van der Waals surface area contributed by atoms with Crippen LogP contribution in [-0.4, -0.2) is 35.2 Å². The lowest BCUT2D eigenvalue weighted by Crippen LogP contribution is -2.61. The topological polar surface area (TPSA) is 114 Å². The zero-order chi connectivity index (χ0) is 17.5. The van der Waals surface area contributed by atoms with Gasteiger partial charge in [-0.3, -0.25) is 14.8 Å². The highest BCUT2D eigenvalue weighted by molar-refractivity contribution is 5.97. The number of nitrogens with two attached hydrogens (primary N) is 1. The van der Waals surface area contributed by atoms with E-state index in [1.807, 2.05) is 0 Å². The highest BCUT2D eigenvalue weighted by Gasteiger charge is 2.33. The number of hydrogen-bond donors (Lipinski definition) is 4. The molecule has 7 nitrogen and oxygen atoms in total. The first-order chi connectivity index (χ1) is 10.8. The molecule has 0 aliphatic heterocycles. The molecular weight excluding hydrogens is 298 g/mol. The van der Waals surface area contributed by atoms with Crippen LogP contribution in [0, 0.1) is 11.8 Å². The molecule has 0 aromatic heterocycles. The van der Waals surface area contributed by atoms with Gasteiger partial charge in [-0.05, 0) is 45.0 Å². The van der Waals surface area contributed by atoms with Crippen molar-refractivity contribution < 1.29 is 19.5 Å². The number of nitrogens with one attached hydrogen (secondary N) is 2. The Kier molecular flexibility index (Phi) is 6.57. The Balaban J connectivity index is 2.79. The van der Waals surface area contributed by atoms with Gasteiger partial charge in [0.25, 0.3) is 11.8 Å². The molecule has 0 spiro atoms. The molecule has 1 rings (SSSR count). The number of hydroxylamine groups is 1. The third-order valence-corrected chi connectivity index (χ3v) is 3.00. The van der Waals surface area contributed by atoms with Gasteiger partial charge in [0.2, 0.25) is 0 Å². The maximum atomic E-state index is 12.2. The van der Waals surface area contributed by atoms with Crippen molar-refractivity contribution in [1.82, 2.24) is 10.8 Å². The van der Waals surface area contributed by atoms with Crippen molar-refractivity contribution in [3.8, 4) is 17.6 Å². The van der Waals surface area contributed by atoms with E-state index in [4.69, 9.17) is 15.7 Å². The molecule has 7 heteroatoms. The molecule has 0 radical (unpaired) electrons. The highest BCUT2D eigenvalue weighted by Crippen LogP contribution is 2.13. The quantitative estimate of drug-likeness (QED) is 0.345. The van der Waals surface area contributed by atoms with Gasteiger partial charge in [-0.25, -0.2) is 5.48 Å². The number of benzene rings is 1. The average molecular weight is 319 g/mol. The zero-order valence-corrected chi connectivity index (χ0v) is 13.3. The molecule has 0 saturated carbocycles. The molecule has 1 atom stereocenters. The van der Waals surface area contributed by atoms with Gasteiger partial charge in [-0.1, -0.05) is 5.92 Å². The molecule has 124 valence electrons. The van der Waals surface area contributed by atoms with Crippen LogP contribution in [0.3, 0.4) is 0 Å². The zero-order valence-electron chi connectivity index (χ0n) is 13.3. The SMILES string of the molecule is CC#CCOc1ccc(C(=O)N[C@H](C(=O)NO)C(C)(C)N)cc1. The Labute approximate surface area is 135 Å². The second-order valence-electron chi connectivity index (χ2n) is 5.44. The maximum Gasteiger partial charge on any atom is 0.267 e. The fourth-order valence-electron chi connectivity index (χ4n) is 1.76. The van der Waals surface area contributed by atoms with Crippen molar-refractivity contribution in [3.63, 3.8) is 0 Å². The number of rotatable bonds is 6. The summed E-state index contributed by atoms with van der Waals surface area (Å²) in [7, 11) is 0. The lowest BCUT2D eigenvalue weighted by molar-refractivity contribution is -0.132. The van der Waals surface area contributed by atoms with Crippen molar-refractivity contribution >= 4 is 11.8 Å². The number of ether oxygens (including phenoxy) is 1. The molecule has 0 aliphatic carbocycles. The van der Waals surface area contributed by atoms with Crippen LogP contribution in [0.25, 0.3) is 0 Å². The van der Waals surface area contributed by atoms with Gasteiger partial charge >= 0.3 is 0 Å². The highest BCUT2D eigenvalue weighted by atomic mass is 16.5. The first kappa shape index (κ1) is 18.5. The minimum atomic E-state index is -1.09. The molecular formula is C16H21N3O4. The standard InChI is InChI=1S/C16H21N3O4/c1-4-5-10-23-12-8-6-11(7-9-12)14(20)18-13(15(21)19-22)16(2,3)17/h6-9,13,22H,10,17H2,1-3H3,(H,18,20)(H,19,21)/t13-/m1/s1. The monoisotopic (exact) mass is 319 g/mol. The number of hydrogen-bond acceptors (Lipinski definition) is 5. The average Bonchev–Trinajstić information content (AvgIpc) is 2.51. The van der Waals surface area contributed by atoms with E-state index < -0.39 is 23.4 Å².